The Kier molecular flexibility index (Phi) is 3.78. The summed E-state index contributed by atoms with van der Waals surface area (Å²) in [6.07, 6.45) is 4.49. The van der Waals surface area contributed by atoms with Crippen molar-refractivity contribution in [2.24, 2.45) is 0 Å². The Labute approximate surface area is 117 Å². The number of hydrogen-bond donors (Lipinski definition) is 1. The zero-order valence-corrected chi connectivity index (χ0v) is 11.9. The number of nitrogens with zero attached hydrogens (tertiary/aromatic N) is 1. The average Bonchev–Trinajstić information content (AvgIpc) is 2.97. The number of rotatable bonds is 4. The molecular weight excluding hydrogens is 256 g/mol. The fourth-order valence-corrected chi connectivity index (χ4v) is 3.71. The molecule has 0 saturated carbocycles. The Bertz CT molecular complexity index is 567. The number of anilines is 1. The molecule has 100 valence electrons. The van der Waals surface area contributed by atoms with Gasteiger partial charge in [0.15, 0.2) is 0 Å². The van der Waals surface area contributed by atoms with E-state index in [-0.39, 0.29) is 0 Å². The van der Waals surface area contributed by atoms with Crippen LogP contribution in [-0.2, 0) is 0 Å². The first-order chi connectivity index (χ1) is 9.38. The van der Waals surface area contributed by atoms with Crippen LogP contribution in [0.15, 0.2) is 30.5 Å². The molecule has 19 heavy (non-hydrogen) atoms. The van der Waals surface area contributed by atoms with Crippen LogP contribution in [-0.4, -0.2) is 29.6 Å². The zero-order chi connectivity index (χ0) is 13.1. The molecule has 1 aromatic carbocycles. The van der Waals surface area contributed by atoms with Gasteiger partial charge in [-0.25, -0.2) is 4.98 Å². The van der Waals surface area contributed by atoms with E-state index in [9.17, 15) is 0 Å². The van der Waals surface area contributed by atoms with E-state index in [1.54, 1.807) is 7.11 Å². The lowest BCUT2D eigenvalue weighted by Gasteiger charge is -2.13. The van der Waals surface area contributed by atoms with E-state index in [4.69, 9.17) is 4.74 Å². The maximum Gasteiger partial charge on any atom is 0.133 e. The Balaban J connectivity index is 1.86. The maximum absolute atomic E-state index is 5.40. The molecule has 1 aromatic heterocycles. The minimum atomic E-state index is 0.725. The number of pyridine rings is 1. The van der Waals surface area contributed by atoms with E-state index in [1.807, 2.05) is 24.4 Å². The molecule has 1 aliphatic heterocycles. The molecule has 4 heteroatoms. The molecule has 3 rings (SSSR count). The van der Waals surface area contributed by atoms with Crippen LogP contribution in [0.4, 0.5) is 5.82 Å². The number of aromatic nitrogens is 1. The monoisotopic (exact) mass is 274 g/mol. The first kappa shape index (κ1) is 12.6. The topological polar surface area (TPSA) is 34.1 Å². The fraction of sp³-hybridized carbons (Fsp3) is 0.400. The van der Waals surface area contributed by atoms with Gasteiger partial charge in [-0.1, -0.05) is 12.1 Å². The second-order valence-electron chi connectivity index (χ2n) is 4.73. The third kappa shape index (κ3) is 2.63. The number of methoxy groups -OCH3 is 1. The maximum atomic E-state index is 5.40. The predicted octanol–water partition coefficient (Wildman–Crippen LogP) is 3.55. The molecule has 1 saturated heterocycles. The highest BCUT2D eigenvalue weighted by molar-refractivity contribution is 8.00. The Morgan fingerprint density at radius 3 is 3.11 bits per heavy atom. The van der Waals surface area contributed by atoms with Crippen LogP contribution in [0.5, 0.6) is 5.75 Å². The lowest BCUT2D eigenvalue weighted by atomic mass is 10.1. The lowest BCUT2D eigenvalue weighted by Crippen LogP contribution is -2.14. The highest BCUT2D eigenvalue weighted by Crippen LogP contribution is 2.30. The van der Waals surface area contributed by atoms with Gasteiger partial charge in [-0.15, -0.1) is 0 Å². The van der Waals surface area contributed by atoms with Gasteiger partial charge < -0.3 is 10.1 Å². The Morgan fingerprint density at radius 2 is 2.32 bits per heavy atom. The van der Waals surface area contributed by atoms with Crippen LogP contribution < -0.4 is 10.1 Å². The van der Waals surface area contributed by atoms with Crippen LogP contribution in [0.3, 0.4) is 0 Å². The SMILES string of the molecule is COc1cccc2c(NCC3CCCS3)nccc12. The van der Waals surface area contributed by atoms with Gasteiger partial charge in [-0.3, -0.25) is 0 Å². The molecule has 1 fully saturated rings. The summed E-state index contributed by atoms with van der Waals surface area (Å²) in [7, 11) is 1.71. The highest BCUT2D eigenvalue weighted by Gasteiger charge is 2.15. The second kappa shape index (κ2) is 5.70. The van der Waals surface area contributed by atoms with Crippen molar-refractivity contribution in [3.63, 3.8) is 0 Å². The smallest absolute Gasteiger partial charge is 0.133 e. The average molecular weight is 274 g/mol. The van der Waals surface area contributed by atoms with E-state index in [2.05, 4.69) is 28.1 Å². The number of fused-ring (bicyclic) bond motifs is 1. The molecule has 0 radical (unpaired) electrons. The van der Waals surface area contributed by atoms with Gasteiger partial charge in [0.25, 0.3) is 0 Å². The van der Waals surface area contributed by atoms with Gasteiger partial charge in [-0.05, 0) is 30.7 Å². The minimum absolute atomic E-state index is 0.725. The van der Waals surface area contributed by atoms with Crippen molar-refractivity contribution in [2.75, 3.05) is 24.7 Å². The fourth-order valence-electron chi connectivity index (χ4n) is 2.51. The summed E-state index contributed by atoms with van der Waals surface area (Å²) in [6, 6.07) is 8.09. The molecule has 2 heterocycles. The van der Waals surface area contributed by atoms with Crippen molar-refractivity contribution >= 4 is 28.4 Å². The van der Waals surface area contributed by atoms with Gasteiger partial charge in [0.05, 0.1) is 7.11 Å². The van der Waals surface area contributed by atoms with Gasteiger partial charge in [0, 0.05) is 28.8 Å². The molecule has 0 bridgehead atoms. The van der Waals surface area contributed by atoms with Crippen LogP contribution in [0.2, 0.25) is 0 Å². The number of ether oxygens (including phenoxy) is 1. The normalized spacial score (nSPS) is 18.7. The zero-order valence-electron chi connectivity index (χ0n) is 11.1. The summed E-state index contributed by atoms with van der Waals surface area (Å²) in [4.78, 5) is 4.47. The summed E-state index contributed by atoms with van der Waals surface area (Å²) in [5.41, 5.74) is 0. The Morgan fingerprint density at radius 1 is 1.37 bits per heavy atom. The first-order valence-electron chi connectivity index (χ1n) is 6.65. The molecule has 0 spiro atoms. The Hall–Kier alpha value is -1.42. The predicted molar refractivity (Wildman–Crippen MR) is 82.3 cm³/mol. The van der Waals surface area contributed by atoms with Gasteiger partial charge in [-0.2, -0.15) is 11.8 Å². The molecule has 2 aromatic rings. The van der Waals surface area contributed by atoms with Gasteiger partial charge in [0.1, 0.15) is 11.6 Å². The highest BCUT2D eigenvalue weighted by atomic mass is 32.2. The number of nitrogens with one attached hydrogen (secondary N) is 1. The van der Waals surface area contributed by atoms with E-state index in [0.717, 1.165) is 34.1 Å². The van der Waals surface area contributed by atoms with E-state index in [1.165, 1.54) is 18.6 Å². The minimum Gasteiger partial charge on any atom is -0.496 e. The molecule has 1 aliphatic rings. The second-order valence-corrected chi connectivity index (χ2v) is 6.14. The van der Waals surface area contributed by atoms with E-state index < -0.39 is 0 Å². The number of benzene rings is 1. The van der Waals surface area contributed by atoms with Crippen LogP contribution in [0, 0.1) is 0 Å². The summed E-state index contributed by atoms with van der Waals surface area (Å²) in [5, 5.41) is 6.46. The summed E-state index contributed by atoms with van der Waals surface area (Å²) in [6.45, 7) is 0.994. The van der Waals surface area contributed by atoms with Crippen LogP contribution in [0.1, 0.15) is 12.8 Å². The molecule has 1 atom stereocenters. The van der Waals surface area contributed by atoms with Crippen molar-refractivity contribution in [1.29, 1.82) is 0 Å². The molecule has 1 unspecified atom stereocenters. The summed E-state index contributed by atoms with van der Waals surface area (Å²) < 4.78 is 5.40. The third-order valence-electron chi connectivity index (χ3n) is 3.51. The quantitative estimate of drug-likeness (QED) is 0.924. The van der Waals surface area contributed by atoms with Crippen molar-refractivity contribution in [3.8, 4) is 5.75 Å². The van der Waals surface area contributed by atoms with E-state index in [0.29, 0.717) is 0 Å². The van der Waals surface area contributed by atoms with Crippen LogP contribution in [0.25, 0.3) is 10.8 Å². The van der Waals surface area contributed by atoms with Crippen molar-refractivity contribution in [3.05, 3.63) is 30.5 Å². The number of hydrogen-bond acceptors (Lipinski definition) is 4. The summed E-state index contributed by atoms with van der Waals surface area (Å²) >= 11 is 2.06. The van der Waals surface area contributed by atoms with E-state index >= 15 is 0 Å². The molecule has 1 N–H and O–H groups in total. The third-order valence-corrected chi connectivity index (χ3v) is 4.91. The molecule has 0 aliphatic carbocycles. The van der Waals surface area contributed by atoms with Crippen molar-refractivity contribution in [2.45, 2.75) is 18.1 Å². The lowest BCUT2D eigenvalue weighted by molar-refractivity contribution is 0.420. The largest absolute Gasteiger partial charge is 0.496 e. The number of thioether (sulfide) groups is 1. The first-order valence-corrected chi connectivity index (χ1v) is 7.70. The van der Waals surface area contributed by atoms with Crippen molar-refractivity contribution in [1.82, 2.24) is 4.98 Å². The summed E-state index contributed by atoms with van der Waals surface area (Å²) in [5.74, 6) is 3.16. The molecular formula is C15H18N2OS. The van der Waals surface area contributed by atoms with Gasteiger partial charge >= 0.3 is 0 Å². The standard InChI is InChI=1S/C15H18N2OS/c1-18-14-6-2-5-13-12(14)7-8-16-15(13)17-10-11-4-3-9-19-11/h2,5-8,11H,3-4,9-10H2,1H3,(H,16,17). The molecule has 0 amide bonds. The van der Waals surface area contributed by atoms with Gasteiger partial charge in [0.2, 0.25) is 0 Å². The molecule has 3 nitrogen and oxygen atoms in total. The van der Waals surface area contributed by atoms with Crippen molar-refractivity contribution < 1.29 is 4.74 Å². The van der Waals surface area contributed by atoms with Crippen LogP contribution >= 0.6 is 11.8 Å².